The maximum atomic E-state index is 13.4. The standard InChI is InChI=1S/C14H14F2N2O/c1-18(12-7-9(15)3-5-11(12)17)13-8-10(16)4-6-14(13)19-2/h3-8H,17H2,1-2H3. The van der Waals surface area contributed by atoms with Gasteiger partial charge in [-0.25, -0.2) is 8.78 Å². The summed E-state index contributed by atoms with van der Waals surface area (Å²) in [5.41, 5.74) is 7.13. The van der Waals surface area contributed by atoms with Crippen LogP contribution in [-0.4, -0.2) is 14.2 Å². The van der Waals surface area contributed by atoms with E-state index in [-0.39, 0.29) is 0 Å². The lowest BCUT2D eigenvalue weighted by atomic mass is 10.2. The van der Waals surface area contributed by atoms with Crippen molar-refractivity contribution < 1.29 is 13.5 Å². The first-order chi connectivity index (χ1) is 9.02. The van der Waals surface area contributed by atoms with Gasteiger partial charge in [0.1, 0.15) is 17.4 Å². The van der Waals surface area contributed by atoms with Crippen molar-refractivity contribution in [1.82, 2.24) is 0 Å². The average Bonchev–Trinajstić information content (AvgIpc) is 2.40. The first-order valence-corrected chi connectivity index (χ1v) is 5.65. The van der Waals surface area contributed by atoms with Gasteiger partial charge in [0.25, 0.3) is 0 Å². The summed E-state index contributed by atoms with van der Waals surface area (Å²) in [4.78, 5) is 1.58. The SMILES string of the molecule is COc1ccc(F)cc1N(C)c1cc(F)ccc1N. The van der Waals surface area contributed by atoms with Gasteiger partial charge in [0, 0.05) is 13.1 Å². The third-order valence-electron chi connectivity index (χ3n) is 2.86. The number of rotatable bonds is 3. The van der Waals surface area contributed by atoms with E-state index in [0.717, 1.165) is 0 Å². The average molecular weight is 264 g/mol. The zero-order chi connectivity index (χ0) is 14.0. The predicted octanol–water partition coefficient (Wildman–Crippen LogP) is 3.32. The fourth-order valence-electron chi connectivity index (χ4n) is 1.86. The third-order valence-corrected chi connectivity index (χ3v) is 2.86. The Bertz CT molecular complexity index is 602. The number of ether oxygens (including phenoxy) is 1. The fourth-order valence-corrected chi connectivity index (χ4v) is 1.86. The van der Waals surface area contributed by atoms with Gasteiger partial charge in [-0.3, -0.25) is 0 Å². The summed E-state index contributed by atoms with van der Waals surface area (Å²) in [5.74, 6) is -0.336. The number of hydrogen-bond acceptors (Lipinski definition) is 3. The molecule has 0 aromatic heterocycles. The minimum atomic E-state index is -0.411. The van der Waals surface area contributed by atoms with Crippen LogP contribution in [0.25, 0.3) is 0 Å². The number of hydrogen-bond donors (Lipinski definition) is 1. The normalized spacial score (nSPS) is 10.3. The van der Waals surface area contributed by atoms with Gasteiger partial charge in [-0.2, -0.15) is 0 Å². The maximum Gasteiger partial charge on any atom is 0.142 e. The van der Waals surface area contributed by atoms with Crippen molar-refractivity contribution in [2.45, 2.75) is 0 Å². The van der Waals surface area contributed by atoms with Crippen LogP contribution >= 0.6 is 0 Å². The number of nitrogen functional groups attached to an aromatic ring is 1. The predicted molar refractivity (Wildman–Crippen MR) is 71.8 cm³/mol. The van der Waals surface area contributed by atoms with E-state index >= 15 is 0 Å². The van der Waals surface area contributed by atoms with Crippen LogP contribution in [0.4, 0.5) is 25.8 Å². The lowest BCUT2D eigenvalue weighted by Crippen LogP contribution is -2.13. The number of nitrogens with zero attached hydrogens (tertiary/aromatic N) is 1. The van der Waals surface area contributed by atoms with E-state index < -0.39 is 11.6 Å². The van der Waals surface area contributed by atoms with Crippen molar-refractivity contribution in [1.29, 1.82) is 0 Å². The van der Waals surface area contributed by atoms with Crippen molar-refractivity contribution in [2.24, 2.45) is 0 Å². The highest BCUT2D eigenvalue weighted by molar-refractivity contribution is 5.77. The van der Waals surface area contributed by atoms with Crippen molar-refractivity contribution in [3.8, 4) is 5.75 Å². The summed E-state index contributed by atoms with van der Waals surface area (Å²) in [5, 5.41) is 0. The zero-order valence-corrected chi connectivity index (χ0v) is 10.7. The van der Waals surface area contributed by atoms with E-state index in [1.54, 1.807) is 11.9 Å². The molecule has 0 aliphatic carbocycles. The quantitative estimate of drug-likeness (QED) is 0.864. The largest absolute Gasteiger partial charge is 0.495 e. The molecular formula is C14H14F2N2O. The number of methoxy groups -OCH3 is 1. The van der Waals surface area contributed by atoms with Crippen molar-refractivity contribution in [3.63, 3.8) is 0 Å². The van der Waals surface area contributed by atoms with E-state index in [2.05, 4.69) is 0 Å². The van der Waals surface area contributed by atoms with Crippen molar-refractivity contribution in [3.05, 3.63) is 48.0 Å². The van der Waals surface area contributed by atoms with Crippen LogP contribution in [0.2, 0.25) is 0 Å². The first-order valence-electron chi connectivity index (χ1n) is 5.65. The van der Waals surface area contributed by atoms with E-state index in [1.165, 1.54) is 43.5 Å². The third kappa shape index (κ3) is 2.59. The molecule has 0 heterocycles. The van der Waals surface area contributed by atoms with Crippen LogP contribution in [0.15, 0.2) is 36.4 Å². The van der Waals surface area contributed by atoms with E-state index in [0.29, 0.717) is 22.8 Å². The molecular weight excluding hydrogens is 250 g/mol. The molecule has 5 heteroatoms. The summed E-state index contributed by atoms with van der Waals surface area (Å²) in [6.45, 7) is 0. The monoisotopic (exact) mass is 264 g/mol. The van der Waals surface area contributed by atoms with Gasteiger partial charge < -0.3 is 15.4 Å². The molecule has 0 aliphatic heterocycles. The Balaban J connectivity index is 2.51. The van der Waals surface area contributed by atoms with E-state index in [9.17, 15) is 8.78 Å². The smallest absolute Gasteiger partial charge is 0.142 e. The second-order valence-electron chi connectivity index (χ2n) is 4.08. The highest BCUT2D eigenvalue weighted by atomic mass is 19.1. The van der Waals surface area contributed by atoms with Crippen LogP contribution in [0.1, 0.15) is 0 Å². The molecule has 0 amide bonds. The van der Waals surface area contributed by atoms with Gasteiger partial charge in [-0.1, -0.05) is 0 Å². The lowest BCUT2D eigenvalue weighted by Gasteiger charge is -2.23. The molecule has 19 heavy (non-hydrogen) atoms. The summed E-state index contributed by atoms with van der Waals surface area (Å²) in [6.07, 6.45) is 0. The Kier molecular flexibility index (Phi) is 3.55. The molecule has 0 spiro atoms. The molecule has 0 radical (unpaired) electrons. The Labute approximate surface area is 110 Å². The van der Waals surface area contributed by atoms with Gasteiger partial charge in [-0.15, -0.1) is 0 Å². The number of nitrogens with two attached hydrogens (primary N) is 1. The van der Waals surface area contributed by atoms with Crippen molar-refractivity contribution >= 4 is 17.1 Å². The summed E-state index contributed by atoms with van der Waals surface area (Å²) >= 11 is 0. The van der Waals surface area contributed by atoms with Gasteiger partial charge in [0.05, 0.1) is 24.2 Å². The van der Waals surface area contributed by atoms with Crippen LogP contribution in [0, 0.1) is 11.6 Å². The molecule has 0 fully saturated rings. The van der Waals surface area contributed by atoms with Gasteiger partial charge in [0.2, 0.25) is 0 Å². The fraction of sp³-hybridized carbons (Fsp3) is 0.143. The Morgan fingerprint density at radius 1 is 1.00 bits per heavy atom. The molecule has 2 aromatic carbocycles. The summed E-state index contributed by atoms with van der Waals surface area (Å²) in [6, 6.07) is 8.15. The van der Waals surface area contributed by atoms with Crippen molar-refractivity contribution in [2.75, 3.05) is 24.8 Å². The number of halogens is 2. The molecule has 0 saturated heterocycles. The molecule has 2 aromatic rings. The highest BCUT2D eigenvalue weighted by Crippen LogP contribution is 2.35. The van der Waals surface area contributed by atoms with Crippen LogP contribution in [0.5, 0.6) is 5.75 Å². The van der Waals surface area contributed by atoms with Gasteiger partial charge >= 0.3 is 0 Å². The maximum absolute atomic E-state index is 13.4. The molecule has 3 nitrogen and oxygen atoms in total. The van der Waals surface area contributed by atoms with Crippen LogP contribution < -0.4 is 15.4 Å². The minimum absolute atomic E-state index is 0.398. The molecule has 0 unspecified atom stereocenters. The minimum Gasteiger partial charge on any atom is -0.495 e. The van der Waals surface area contributed by atoms with Crippen LogP contribution in [-0.2, 0) is 0 Å². The second-order valence-corrected chi connectivity index (χ2v) is 4.08. The Morgan fingerprint density at radius 2 is 1.58 bits per heavy atom. The molecule has 0 aliphatic rings. The first kappa shape index (κ1) is 13.1. The molecule has 0 saturated carbocycles. The highest BCUT2D eigenvalue weighted by Gasteiger charge is 2.14. The summed E-state index contributed by atoms with van der Waals surface area (Å²) in [7, 11) is 3.15. The number of benzene rings is 2. The van der Waals surface area contributed by atoms with Gasteiger partial charge in [-0.05, 0) is 30.3 Å². The zero-order valence-electron chi connectivity index (χ0n) is 10.7. The molecule has 0 bridgehead atoms. The topological polar surface area (TPSA) is 38.5 Å². The second kappa shape index (κ2) is 5.14. The molecule has 100 valence electrons. The molecule has 2 N–H and O–H groups in total. The van der Waals surface area contributed by atoms with E-state index in [4.69, 9.17) is 10.5 Å². The Hall–Kier alpha value is -2.30. The molecule has 2 rings (SSSR count). The van der Waals surface area contributed by atoms with E-state index in [1.807, 2.05) is 0 Å². The molecule has 0 atom stereocenters. The lowest BCUT2D eigenvalue weighted by molar-refractivity contribution is 0.414. The van der Waals surface area contributed by atoms with Crippen LogP contribution in [0.3, 0.4) is 0 Å². The Morgan fingerprint density at radius 3 is 2.21 bits per heavy atom. The number of anilines is 3. The van der Waals surface area contributed by atoms with Gasteiger partial charge in [0.15, 0.2) is 0 Å². The summed E-state index contributed by atoms with van der Waals surface area (Å²) < 4.78 is 31.8.